The van der Waals surface area contributed by atoms with Gasteiger partial charge in [-0.05, 0) is 20.8 Å². The Labute approximate surface area is 112 Å². The molecule has 0 radical (unpaired) electrons. The van der Waals surface area contributed by atoms with Gasteiger partial charge in [-0.3, -0.25) is 0 Å². The number of hydrogen-bond donors (Lipinski definition) is 2. The summed E-state index contributed by atoms with van der Waals surface area (Å²) in [6.45, 7) is 14.4. The van der Waals surface area contributed by atoms with E-state index in [0.717, 1.165) is 12.2 Å². The normalized spacial score (nSPS) is 7.79. The lowest BCUT2D eigenvalue weighted by Gasteiger charge is -2.02. The van der Waals surface area contributed by atoms with E-state index in [0.29, 0.717) is 0 Å². The third-order valence-corrected chi connectivity index (χ3v) is 1.06. The van der Waals surface area contributed by atoms with Crippen molar-refractivity contribution in [1.29, 1.82) is 0 Å². The molecule has 0 amide bonds. The second-order valence-corrected chi connectivity index (χ2v) is 3.32. The fraction of sp³-hybridized carbons (Fsp3) is 0.308. The highest BCUT2D eigenvalue weighted by Crippen LogP contribution is 1.87. The first-order valence-corrected chi connectivity index (χ1v) is 5.15. The Morgan fingerprint density at radius 3 is 1.47 bits per heavy atom. The molecular weight excluding hydrogens is 252 g/mol. The van der Waals surface area contributed by atoms with Crippen molar-refractivity contribution in [2.24, 2.45) is 0 Å². The molecule has 0 heterocycles. The number of hydrogen-bond acceptors (Lipinski definition) is 4. The zero-order valence-corrected chi connectivity index (χ0v) is 11.4. The maximum atomic E-state index is 10.3. The average Bonchev–Trinajstić information content (AvgIpc) is 2.29. The van der Waals surface area contributed by atoms with Gasteiger partial charge >= 0.3 is 17.9 Å². The fourth-order valence-corrected chi connectivity index (χ4v) is 0.280. The van der Waals surface area contributed by atoms with Gasteiger partial charge in [-0.1, -0.05) is 19.7 Å². The molecule has 0 unspecified atom stereocenters. The molecule has 0 saturated heterocycles. The SMILES string of the molecule is C=C(C)C(=O)O.C=CC(=O)O.C=CC(=O)OC(C)C. The summed E-state index contributed by atoms with van der Waals surface area (Å²) in [4.78, 5) is 29.1. The van der Waals surface area contributed by atoms with Gasteiger partial charge < -0.3 is 14.9 Å². The van der Waals surface area contributed by atoms with Crippen molar-refractivity contribution >= 4 is 17.9 Å². The van der Waals surface area contributed by atoms with Crippen LogP contribution in [0, 0.1) is 0 Å². The molecule has 0 rings (SSSR count). The summed E-state index contributed by atoms with van der Waals surface area (Å²) < 4.78 is 4.64. The number of ether oxygens (including phenoxy) is 1. The van der Waals surface area contributed by atoms with Gasteiger partial charge in [0.2, 0.25) is 0 Å². The summed E-state index contributed by atoms with van der Waals surface area (Å²) >= 11 is 0. The number of esters is 1. The Balaban J connectivity index is -0.000000209. The Morgan fingerprint density at radius 1 is 1.11 bits per heavy atom. The molecule has 19 heavy (non-hydrogen) atoms. The van der Waals surface area contributed by atoms with Crippen LogP contribution in [-0.2, 0) is 19.1 Å². The van der Waals surface area contributed by atoms with Gasteiger partial charge in [-0.25, -0.2) is 14.4 Å². The van der Waals surface area contributed by atoms with E-state index >= 15 is 0 Å². The van der Waals surface area contributed by atoms with Crippen LogP contribution in [0.5, 0.6) is 0 Å². The first-order chi connectivity index (χ1) is 8.58. The molecule has 0 aromatic rings. The number of carboxylic acid groups (broad SMARTS) is 2. The zero-order chi connectivity index (χ0) is 16.0. The summed E-state index contributed by atoms with van der Waals surface area (Å²) in [5.41, 5.74) is 0.176. The molecule has 6 nitrogen and oxygen atoms in total. The minimum Gasteiger partial charge on any atom is -0.478 e. The fourth-order valence-electron chi connectivity index (χ4n) is 0.280. The summed E-state index contributed by atoms with van der Waals surface area (Å²) in [5.74, 6) is -2.28. The molecule has 0 aromatic heterocycles. The zero-order valence-electron chi connectivity index (χ0n) is 11.4. The second kappa shape index (κ2) is 13.7. The number of aliphatic carboxylic acids is 2. The Bertz CT molecular complexity index is 329. The topological polar surface area (TPSA) is 101 Å². The third kappa shape index (κ3) is 31.3. The molecule has 0 saturated carbocycles. The van der Waals surface area contributed by atoms with Gasteiger partial charge in [0.25, 0.3) is 0 Å². The maximum absolute atomic E-state index is 10.3. The molecule has 0 bridgehead atoms. The Kier molecular flexibility index (Phi) is 15.8. The molecule has 0 atom stereocenters. The first kappa shape index (κ1) is 21.9. The van der Waals surface area contributed by atoms with Crippen LogP contribution in [0.3, 0.4) is 0 Å². The minimum absolute atomic E-state index is 0.0412. The molecule has 0 aliphatic carbocycles. The molecule has 0 spiro atoms. The molecule has 6 heteroatoms. The van der Waals surface area contributed by atoms with E-state index < -0.39 is 11.9 Å². The van der Waals surface area contributed by atoms with E-state index in [1.807, 2.05) is 0 Å². The van der Waals surface area contributed by atoms with Gasteiger partial charge in [0.15, 0.2) is 0 Å². The standard InChI is InChI=1S/C6H10O2.C4H6O2.C3H4O2/c1-4-6(7)8-5(2)3;1-3(2)4(5)6;1-2-3(4)5/h4-5H,1H2,2-3H3;1H2,2H3,(H,5,6);2H,1H2,(H,4,5). The number of rotatable bonds is 4. The van der Waals surface area contributed by atoms with Crippen LogP contribution in [0.4, 0.5) is 0 Å². The maximum Gasteiger partial charge on any atom is 0.330 e. The highest BCUT2D eigenvalue weighted by atomic mass is 16.5. The average molecular weight is 272 g/mol. The smallest absolute Gasteiger partial charge is 0.330 e. The molecule has 0 aliphatic rings. The highest BCUT2D eigenvalue weighted by Gasteiger charge is 1.96. The van der Waals surface area contributed by atoms with Gasteiger partial charge in [0.05, 0.1) is 6.10 Å². The molecule has 108 valence electrons. The lowest BCUT2D eigenvalue weighted by Crippen LogP contribution is -2.07. The lowest BCUT2D eigenvalue weighted by molar-refractivity contribution is -0.141. The van der Waals surface area contributed by atoms with Crippen molar-refractivity contribution in [3.63, 3.8) is 0 Å². The number of carbonyl (C=O) groups excluding carboxylic acids is 1. The summed E-state index contributed by atoms with van der Waals surface area (Å²) in [5, 5.41) is 15.5. The van der Waals surface area contributed by atoms with Crippen LogP contribution in [-0.4, -0.2) is 34.2 Å². The van der Waals surface area contributed by atoms with Crippen LogP contribution in [0.25, 0.3) is 0 Å². The van der Waals surface area contributed by atoms with E-state index in [2.05, 4.69) is 24.5 Å². The molecule has 0 aliphatic heterocycles. The Morgan fingerprint density at radius 2 is 1.42 bits per heavy atom. The van der Waals surface area contributed by atoms with E-state index in [9.17, 15) is 14.4 Å². The van der Waals surface area contributed by atoms with Crippen molar-refractivity contribution in [2.45, 2.75) is 26.9 Å². The van der Waals surface area contributed by atoms with E-state index in [-0.39, 0.29) is 17.6 Å². The molecule has 2 N–H and O–H groups in total. The highest BCUT2D eigenvalue weighted by molar-refractivity contribution is 5.84. The van der Waals surface area contributed by atoms with Crippen LogP contribution in [0.2, 0.25) is 0 Å². The van der Waals surface area contributed by atoms with Crippen LogP contribution in [0.1, 0.15) is 20.8 Å². The van der Waals surface area contributed by atoms with Crippen molar-refractivity contribution in [3.8, 4) is 0 Å². The molecule has 0 aromatic carbocycles. The largest absolute Gasteiger partial charge is 0.478 e. The summed E-state index contributed by atoms with van der Waals surface area (Å²) in [6.07, 6.45) is 1.94. The van der Waals surface area contributed by atoms with Crippen molar-refractivity contribution in [2.75, 3.05) is 0 Å². The van der Waals surface area contributed by atoms with Gasteiger partial charge in [0.1, 0.15) is 0 Å². The van der Waals surface area contributed by atoms with Crippen LogP contribution >= 0.6 is 0 Å². The van der Waals surface area contributed by atoms with Gasteiger partial charge in [-0.15, -0.1) is 0 Å². The third-order valence-electron chi connectivity index (χ3n) is 1.06. The first-order valence-electron chi connectivity index (χ1n) is 5.15. The van der Waals surface area contributed by atoms with Crippen molar-refractivity contribution in [1.82, 2.24) is 0 Å². The van der Waals surface area contributed by atoms with E-state index in [4.69, 9.17) is 10.2 Å². The molecule has 0 fully saturated rings. The van der Waals surface area contributed by atoms with Crippen molar-refractivity contribution < 1.29 is 29.3 Å². The van der Waals surface area contributed by atoms with E-state index in [1.165, 1.54) is 6.92 Å². The second-order valence-electron chi connectivity index (χ2n) is 3.32. The quantitative estimate of drug-likeness (QED) is 0.599. The number of carboxylic acids is 2. The van der Waals surface area contributed by atoms with Crippen molar-refractivity contribution in [3.05, 3.63) is 37.5 Å². The summed E-state index contributed by atoms with van der Waals surface area (Å²) in [7, 11) is 0. The Hall–Kier alpha value is -2.37. The van der Waals surface area contributed by atoms with Gasteiger partial charge in [-0.2, -0.15) is 0 Å². The van der Waals surface area contributed by atoms with Crippen LogP contribution in [0.15, 0.2) is 37.5 Å². The van der Waals surface area contributed by atoms with E-state index in [1.54, 1.807) is 13.8 Å². The molecular formula is C13H20O6. The summed E-state index contributed by atoms with van der Waals surface area (Å²) in [6, 6.07) is 0. The minimum atomic E-state index is -0.981. The van der Waals surface area contributed by atoms with Crippen LogP contribution < -0.4 is 0 Å². The van der Waals surface area contributed by atoms with Gasteiger partial charge in [0, 0.05) is 17.7 Å². The number of carbonyl (C=O) groups is 3. The lowest BCUT2D eigenvalue weighted by atomic mass is 10.4. The predicted octanol–water partition coefficient (Wildman–Crippen LogP) is 2.03. The monoisotopic (exact) mass is 272 g/mol. The predicted molar refractivity (Wildman–Crippen MR) is 71.7 cm³/mol.